The van der Waals surface area contributed by atoms with Crippen molar-refractivity contribution in [3.05, 3.63) is 77.1 Å². The zero-order valence-electron chi connectivity index (χ0n) is 15.2. The van der Waals surface area contributed by atoms with Crippen molar-refractivity contribution in [3.63, 3.8) is 0 Å². The monoisotopic (exact) mass is 370 g/mol. The molecule has 1 amide bonds. The summed E-state index contributed by atoms with van der Waals surface area (Å²) in [5, 5.41) is 13.4. The Morgan fingerprint density at radius 1 is 1.11 bits per heavy atom. The Kier molecular flexibility index (Phi) is 3.87. The molecule has 5 rings (SSSR count). The Morgan fingerprint density at radius 3 is 2.46 bits per heavy atom. The number of carbonyl (C=O) groups is 1. The van der Waals surface area contributed by atoms with E-state index in [1.54, 1.807) is 15.8 Å². The number of amides is 1. The highest BCUT2D eigenvalue weighted by atomic mass is 16.6. The van der Waals surface area contributed by atoms with Crippen molar-refractivity contribution in [2.24, 2.45) is 0 Å². The molecule has 0 atom stereocenters. The highest BCUT2D eigenvalue weighted by Crippen LogP contribution is 2.44. The SMILES string of the molecule is N#Cc1cnn2c1CN(C(=O)OCC1c3ccccc3-c3ccccc31)CC2. The molecule has 28 heavy (non-hydrogen) atoms. The van der Waals surface area contributed by atoms with Gasteiger partial charge in [-0.1, -0.05) is 48.5 Å². The van der Waals surface area contributed by atoms with E-state index in [2.05, 4.69) is 35.4 Å². The highest BCUT2D eigenvalue weighted by Gasteiger charge is 2.30. The molecule has 0 fully saturated rings. The van der Waals surface area contributed by atoms with Crippen LogP contribution in [-0.4, -0.2) is 33.9 Å². The number of nitrogens with zero attached hydrogens (tertiary/aromatic N) is 4. The van der Waals surface area contributed by atoms with Crippen molar-refractivity contribution in [2.45, 2.75) is 19.0 Å². The molecular formula is C22H18N4O2. The van der Waals surface area contributed by atoms with Crippen LogP contribution in [0.3, 0.4) is 0 Å². The summed E-state index contributed by atoms with van der Waals surface area (Å²) in [7, 11) is 0. The predicted molar refractivity (Wildman–Crippen MR) is 102 cm³/mol. The normalized spacial score (nSPS) is 14.8. The summed E-state index contributed by atoms with van der Waals surface area (Å²) in [5.41, 5.74) is 6.08. The Hall–Kier alpha value is -3.59. The van der Waals surface area contributed by atoms with E-state index in [9.17, 15) is 10.1 Å². The van der Waals surface area contributed by atoms with Gasteiger partial charge in [-0.3, -0.25) is 4.68 Å². The molecule has 1 aliphatic carbocycles. The predicted octanol–water partition coefficient (Wildman–Crippen LogP) is 3.52. The van der Waals surface area contributed by atoms with Crippen LogP contribution in [0.4, 0.5) is 4.79 Å². The van der Waals surface area contributed by atoms with Gasteiger partial charge in [0.1, 0.15) is 12.7 Å². The highest BCUT2D eigenvalue weighted by molar-refractivity contribution is 5.79. The first-order valence-corrected chi connectivity index (χ1v) is 9.31. The zero-order valence-corrected chi connectivity index (χ0v) is 15.2. The number of benzene rings is 2. The van der Waals surface area contributed by atoms with E-state index >= 15 is 0 Å². The molecule has 3 aromatic rings. The van der Waals surface area contributed by atoms with Crippen LogP contribution in [0.25, 0.3) is 11.1 Å². The van der Waals surface area contributed by atoms with Crippen LogP contribution in [0.5, 0.6) is 0 Å². The molecule has 6 heteroatoms. The van der Waals surface area contributed by atoms with E-state index in [0.717, 1.165) is 5.69 Å². The molecule has 0 bridgehead atoms. The Balaban J connectivity index is 1.33. The average Bonchev–Trinajstić information content (AvgIpc) is 3.30. The van der Waals surface area contributed by atoms with Crippen molar-refractivity contribution in [1.82, 2.24) is 14.7 Å². The van der Waals surface area contributed by atoms with Gasteiger partial charge in [-0.15, -0.1) is 0 Å². The maximum atomic E-state index is 12.7. The summed E-state index contributed by atoms with van der Waals surface area (Å²) < 4.78 is 7.50. The summed E-state index contributed by atoms with van der Waals surface area (Å²) in [5.74, 6) is 0.0429. The molecule has 6 nitrogen and oxygen atoms in total. The molecule has 0 spiro atoms. The van der Waals surface area contributed by atoms with Gasteiger partial charge in [0, 0.05) is 12.5 Å². The third-order valence-corrected chi connectivity index (χ3v) is 5.59. The smallest absolute Gasteiger partial charge is 0.410 e. The number of carbonyl (C=O) groups excluding carboxylic acids is 1. The standard InChI is InChI=1S/C22H18N4O2/c23-11-15-12-24-26-10-9-25(13-21(15)26)22(27)28-14-20-18-7-3-1-5-16(18)17-6-2-4-8-19(17)20/h1-8,12,20H,9-10,13-14H2. The van der Waals surface area contributed by atoms with Gasteiger partial charge in [0.2, 0.25) is 0 Å². The Morgan fingerprint density at radius 2 is 1.79 bits per heavy atom. The van der Waals surface area contributed by atoms with Gasteiger partial charge >= 0.3 is 6.09 Å². The molecule has 2 aromatic carbocycles. The fraction of sp³-hybridized carbons (Fsp3) is 0.227. The van der Waals surface area contributed by atoms with Crippen molar-refractivity contribution < 1.29 is 9.53 Å². The number of rotatable bonds is 2. The van der Waals surface area contributed by atoms with Crippen LogP contribution in [0, 0.1) is 11.3 Å². The van der Waals surface area contributed by atoms with Gasteiger partial charge in [0.25, 0.3) is 0 Å². The Labute approximate surface area is 162 Å². The molecule has 1 aromatic heterocycles. The zero-order chi connectivity index (χ0) is 19.1. The first-order valence-electron chi connectivity index (χ1n) is 9.31. The van der Waals surface area contributed by atoms with Gasteiger partial charge in [0.05, 0.1) is 30.5 Å². The lowest BCUT2D eigenvalue weighted by Crippen LogP contribution is -2.39. The van der Waals surface area contributed by atoms with Crippen molar-refractivity contribution in [3.8, 4) is 17.2 Å². The van der Waals surface area contributed by atoms with E-state index in [0.29, 0.717) is 31.8 Å². The summed E-state index contributed by atoms with van der Waals surface area (Å²) >= 11 is 0. The summed E-state index contributed by atoms with van der Waals surface area (Å²) in [6.45, 7) is 1.74. The molecular weight excluding hydrogens is 352 g/mol. The quantitative estimate of drug-likeness (QED) is 0.692. The number of hydrogen-bond acceptors (Lipinski definition) is 4. The molecule has 0 N–H and O–H groups in total. The first kappa shape index (κ1) is 16.6. The molecule has 0 radical (unpaired) electrons. The van der Waals surface area contributed by atoms with Crippen LogP contribution >= 0.6 is 0 Å². The molecule has 138 valence electrons. The lowest BCUT2D eigenvalue weighted by Gasteiger charge is -2.27. The van der Waals surface area contributed by atoms with E-state index in [4.69, 9.17) is 4.74 Å². The molecule has 2 heterocycles. The minimum atomic E-state index is -0.349. The van der Waals surface area contributed by atoms with E-state index < -0.39 is 0 Å². The number of aromatic nitrogens is 2. The molecule has 0 saturated carbocycles. The van der Waals surface area contributed by atoms with Crippen LogP contribution in [0.2, 0.25) is 0 Å². The van der Waals surface area contributed by atoms with Gasteiger partial charge < -0.3 is 9.64 Å². The lowest BCUT2D eigenvalue weighted by molar-refractivity contribution is 0.0892. The van der Waals surface area contributed by atoms with Crippen molar-refractivity contribution in [2.75, 3.05) is 13.2 Å². The Bertz CT molecular complexity index is 1070. The second-order valence-corrected chi connectivity index (χ2v) is 7.07. The number of nitriles is 1. The van der Waals surface area contributed by atoms with Gasteiger partial charge in [-0.25, -0.2) is 4.79 Å². The summed E-state index contributed by atoms with van der Waals surface area (Å²) in [6.07, 6.45) is 1.20. The van der Waals surface area contributed by atoms with Crippen LogP contribution < -0.4 is 0 Å². The van der Waals surface area contributed by atoms with Crippen LogP contribution in [0.1, 0.15) is 28.3 Å². The minimum absolute atomic E-state index is 0.0429. The van der Waals surface area contributed by atoms with E-state index in [-0.39, 0.29) is 12.0 Å². The van der Waals surface area contributed by atoms with Gasteiger partial charge in [-0.05, 0) is 22.3 Å². The maximum absolute atomic E-state index is 12.7. The summed E-state index contributed by atoms with van der Waals surface area (Å²) in [4.78, 5) is 14.3. The minimum Gasteiger partial charge on any atom is -0.448 e. The molecule has 0 saturated heterocycles. The maximum Gasteiger partial charge on any atom is 0.410 e. The average molecular weight is 370 g/mol. The summed E-state index contributed by atoms with van der Waals surface area (Å²) in [6, 6.07) is 18.7. The fourth-order valence-electron chi connectivity index (χ4n) is 4.18. The van der Waals surface area contributed by atoms with E-state index in [1.165, 1.54) is 22.3 Å². The van der Waals surface area contributed by atoms with Crippen molar-refractivity contribution >= 4 is 6.09 Å². The number of fused-ring (bicyclic) bond motifs is 4. The molecule has 1 aliphatic heterocycles. The lowest BCUT2D eigenvalue weighted by atomic mass is 9.98. The fourth-order valence-corrected chi connectivity index (χ4v) is 4.18. The van der Waals surface area contributed by atoms with Gasteiger partial charge in [0.15, 0.2) is 0 Å². The first-order chi connectivity index (χ1) is 13.8. The largest absolute Gasteiger partial charge is 0.448 e. The topological polar surface area (TPSA) is 71.2 Å². The second-order valence-electron chi connectivity index (χ2n) is 7.07. The number of hydrogen-bond donors (Lipinski definition) is 0. The molecule has 2 aliphatic rings. The third kappa shape index (κ3) is 2.55. The van der Waals surface area contributed by atoms with Gasteiger partial charge in [-0.2, -0.15) is 10.4 Å². The van der Waals surface area contributed by atoms with Crippen molar-refractivity contribution in [1.29, 1.82) is 5.26 Å². The number of ether oxygens (including phenoxy) is 1. The van der Waals surface area contributed by atoms with Crippen LogP contribution in [-0.2, 0) is 17.8 Å². The third-order valence-electron chi connectivity index (χ3n) is 5.59. The van der Waals surface area contributed by atoms with E-state index in [1.807, 2.05) is 24.3 Å². The second kappa shape index (κ2) is 6.54. The molecule has 0 unspecified atom stereocenters. The van der Waals surface area contributed by atoms with Crippen LogP contribution in [0.15, 0.2) is 54.7 Å².